The van der Waals surface area contributed by atoms with Gasteiger partial charge in [0, 0.05) is 24.9 Å². The molecule has 0 aliphatic rings. The zero-order valence-corrected chi connectivity index (χ0v) is 10.9. The molecule has 2 aromatic rings. The van der Waals surface area contributed by atoms with Crippen LogP contribution in [0.3, 0.4) is 0 Å². The molecule has 0 aliphatic heterocycles. The van der Waals surface area contributed by atoms with E-state index in [1.54, 1.807) is 18.2 Å². The van der Waals surface area contributed by atoms with Crippen LogP contribution in [0.1, 0.15) is 12.5 Å². The monoisotopic (exact) mass is 274 g/mol. The molecule has 0 radical (unpaired) electrons. The average Bonchev–Trinajstić information content (AvgIpc) is 2.42. The van der Waals surface area contributed by atoms with Crippen LogP contribution in [-0.4, -0.2) is 21.2 Å². The normalized spacial score (nSPS) is 10.2. The number of nitrogens with one attached hydrogen (secondary N) is 1. The van der Waals surface area contributed by atoms with E-state index in [1.165, 1.54) is 23.0 Å². The third-order valence-electron chi connectivity index (χ3n) is 2.74. The van der Waals surface area contributed by atoms with Gasteiger partial charge in [0.2, 0.25) is 0 Å². The molecule has 0 unspecified atom stereocenters. The molecular weight excluding hydrogens is 260 g/mol. The predicted molar refractivity (Wildman–Crippen MR) is 74.9 cm³/mol. The van der Waals surface area contributed by atoms with Gasteiger partial charge in [-0.25, -0.2) is 4.68 Å². The molecule has 7 nitrogen and oxygen atoms in total. The summed E-state index contributed by atoms with van der Waals surface area (Å²) in [4.78, 5) is 22.1. The summed E-state index contributed by atoms with van der Waals surface area (Å²) in [5.41, 5.74) is 1.02. The van der Waals surface area contributed by atoms with Gasteiger partial charge in [-0.05, 0) is 24.6 Å². The number of nitro benzene ring substituents is 1. The Morgan fingerprint density at radius 3 is 2.85 bits per heavy atom. The lowest BCUT2D eigenvalue weighted by molar-refractivity contribution is -0.384. The second-order valence-electron chi connectivity index (χ2n) is 4.16. The van der Waals surface area contributed by atoms with Crippen molar-refractivity contribution in [2.45, 2.75) is 13.5 Å². The minimum absolute atomic E-state index is 0.0176. The van der Waals surface area contributed by atoms with Crippen LogP contribution in [0.15, 0.2) is 41.3 Å². The molecule has 0 spiro atoms. The zero-order chi connectivity index (χ0) is 14.5. The smallest absolute Gasteiger partial charge is 0.292 e. The molecule has 1 N–H and O–H groups in total. The summed E-state index contributed by atoms with van der Waals surface area (Å²) in [5, 5.41) is 17.8. The van der Waals surface area contributed by atoms with Crippen molar-refractivity contribution in [1.82, 2.24) is 9.78 Å². The fraction of sp³-hybridized carbons (Fsp3) is 0.231. The molecule has 0 amide bonds. The first-order valence-electron chi connectivity index (χ1n) is 6.15. The minimum Gasteiger partial charge on any atom is -0.380 e. The first-order chi connectivity index (χ1) is 9.61. The molecular formula is C13H14N4O3. The summed E-state index contributed by atoms with van der Waals surface area (Å²) in [7, 11) is 0. The van der Waals surface area contributed by atoms with E-state index in [0.717, 1.165) is 5.56 Å². The van der Waals surface area contributed by atoms with E-state index in [4.69, 9.17) is 0 Å². The van der Waals surface area contributed by atoms with Gasteiger partial charge in [-0.3, -0.25) is 14.9 Å². The summed E-state index contributed by atoms with van der Waals surface area (Å²) < 4.78 is 1.30. The van der Waals surface area contributed by atoms with E-state index in [1.807, 2.05) is 6.92 Å². The third kappa shape index (κ3) is 3.00. The molecule has 0 bridgehead atoms. The van der Waals surface area contributed by atoms with Gasteiger partial charge in [-0.15, -0.1) is 0 Å². The van der Waals surface area contributed by atoms with Crippen LogP contribution >= 0.6 is 0 Å². The van der Waals surface area contributed by atoms with Gasteiger partial charge in [0.15, 0.2) is 0 Å². The van der Waals surface area contributed by atoms with E-state index in [9.17, 15) is 14.9 Å². The standard InChI is InChI=1S/C13H14N4O3/c1-2-14-11-8-10(5-6-12(11)17(19)20)9-16-13(18)4-3-7-15-16/h3-8,14H,2,9H2,1H3. The highest BCUT2D eigenvalue weighted by Gasteiger charge is 2.13. The SMILES string of the molecule is CCNc1cc(Cn2ncccc2=O)ccc1[N+](=O)[O-]. The van der Waals surface area contributed by atoms with Crippen LogP contribution in [0.4, 0.5) is 11.4 Å². The van der Waals surface area contributed by atoms with E-state index >= 15 is 0 Å². The summed E-state index contributed by atoms with van der Waals surface area (Å²) in [6, 6.07) is 7.71. The maximum atomic E-state index is 11.6. The molecule has 1 aromatic heterocycles. The molecule has 0 saturated heterocycles. The Balaban J connectivity index is 2.34. The van der Waals surface area contributed by atoms with E-state index < -0.39 is 4.92 Å². The molecule has 0 atom stereocenters. The highest BCUT2D eigenvalue weighted by molar-refractivity contribution is 5.62. The first kappa shape index (κ1) is 13.7. The Morgan fingerprint density at radius 1 is 1.40 bits per heavy atom. The van der Waals surface area contributed by atoms with Crippen LogP contribution < -0.4 is 10.9 Å². The lowest BCUT2D eigenvalue weighted by atomic mass is 10.1. The number of benzene rings is 1. The lowest BCUT2D eigenvalue weighted by Gasteiger charge is -2.08. The van der Waals surface area contributed by atoms with Crippen LogP contribution in [0.25, 0.3) is 0 Å². The second kappa shape index (κ2) is 5.96. The number of hydrogen-bond acceptors (Lipinski definition) is 5. The number of hydrogen-bond donors (Lipinski definition) is 1. The average molecular weight is 274 g/mol. The highest BCUT2D eigenvalue weighted by atomic mass is 16.6. The van der Waals surface area contributed by atoms with Crippen molar-refractivity contribution in [2.24, 2.45) is 0 Å². The predicted octanol–water partition coefficient (Wildman–Crippen LogP) is 1.63. The Kier molecular flexibility index (Phi) is 4.09. The van der Waals surface area contributed by atoms with E-state index in [0.29, 0.717) is 12.2 Å². The summed E-state index contributed by atoms with van der Waals surface area (Å²) in [5.74, 6) is 0. The third-order valence-corrected chi connectivity index (χ3v) is 2.74. The fourth-order valence-electron chi connectivity index (χ4n) is 1.85. The second-order valence-corrected chi connectivity index (χ2v) is 4.16. The molecule has 2 rings (SSSR count). The van der Waals surface area contributed by atoms with Gasteiger partial charge in [0.25, 0.3) is 11.2 Å². The number of nitro groups is 1. The van der Waals surface area contributed by atoms with Crippen LogP contribution in [0.2, 0.25) is 0 Å². The molecule has 1 aromatic carbocycles. The van der Waals surface area contributed by atoms with Crippen molar-refractivity contribution in [3.05, 3.63) is 62.6 Å². The fourth-order valence-corrected chi connectivity index (χ4v) is 1.85. The number of nitrogens with zero attached hydrogens (tertiary/aromatic N) is 3. The molecule has 7 heteroatoms. The van der Waals surface area contributed by atoms with Gasteiger partial charge < -0.3 is 5.32 Å². The molecule has 20 heavy (non-hydrogen) atoms. The van der Waals surface area contributed by atoms with Crippen molar-refractivity contribution in [1.29, 1.82) is 0 Å². The van der Waals surface area contributed by atoms with Crippen molar-refractivity contribution >= 4 is 11.4 Å². The summed E-state index contributed by atoms with van der Waals surface area (Å²) >= 11 is 0. The quantitative estimate of drug-likeness (QED) is 0.661. The number of anilines is 1. The van der Waals surface area contributed by atoms with Gasteiger partial charge in [0.05, 0.1) is 11.5 Å². The van der Waals surface area contributed by atoms with Gasteiger partial charge in [0.1, 0.15) is 5.69 Å². The molecule has 0 aliphatic carbocycles. The summed E-state index contributed by atoms with van der Waals surface area (Å²) in [6.07, 6.45) is 1.53. The van der Waals surface area contributed by atoms with Crippen molar-refractivity contribution in [3.63, 3.8) is 0 Å². The summed E-state index contributed by atoms with van der Waals surface area (Å²) in [6.45, 7) is 2.71. The number of aromatic nitrogens is 2. The Bertz CT molecular complexity index is 681. The van der Waals surface area contributed by atoms with E-state index in [-0.39, 0.29) is 17.8 Å². The Morgan fingerprint density at radius 2 is 2.20 bits per heavy atom. The highest BCUT2D eigenvalue weighted by Crippen LogP contribution is 2.25. The van der Waals surface area contributed by atoms with Gasteiger partial charge in [-0.2, -0.15) is 5.10 Å². The van der Waals surface area contributed by atoms with E-state index in [2.05, 4.69) is 10.4 Å². The minimum atomic E-state index is -0.436. The number of rotatable bonds is 5. The lowest BCUT2D eigenvalue weighted by Crippen LogP contribution is -2.21. The van der Waals surface area contributed by atoms with Gasteiger partial charge >= 0.3 is 0 Å². The van der Waals surface area contributed by atoms with Crippen LogP contribution in [0, 0.1) is 10.1 Å². The molecule has 0 saturated carbocycles. The topological polar surface area (TPSA) is 90.1 Å². The Labute approximate surface area is 115 Å². The maximum absolute atomic E-state index is 11.6. The largest absolute Gasteiger partial charge is 0.380 e. The maximum Gasteiger partial charge on any atom is 0.292 e. The van der Waals surface area contributed by atoms with Crippen molar-refractivity contribution < 1.29 is 4.92 Å². The Hall–Kier alpha value is -2.70. The molecule has 0 fully saturated rings. The van der Waals surface area contributed by atoms with Crippen LogP contribution in [-0.2, 0) is 6.54 Å². The van der Waals surface area contributed by atoms with Crippen LogP contribution in [0.5, 0.6) is 0 Å². The zero-order valence-electron chi connectivity index (χ0n) is 10.9. The van der Waals surface area contributed by atoms with Crippen molar-refractivity contribution in [3.8, 4) is 0 Å². The molecule has 1 heterocycles. The molecule has 104 valence electrons. The van der Waals surface area contributed by atoms with Gasteiger partial charge in [-0.1, -0.05) is 6.07 Å². The van der Waals surface area contributed by atoms with Crippen molar-refractivity contribution in [2.75, 3.05) is 11.9 Å². The first-order valence-corrected chi connectivity index (χ1v) is 6.15.